The fraction of sp³-hybridized carbons (Fsp3) is 0.292. The number of rotatable bonds is 4. The van der Waals surface area contributed by atoms with Crippen molar-refractivity contribution < 1.29 is 29.7 Å². The van der Waals surface area contributed by atoms with Gasteiger partial charge in [0.05, 0.1) is 5.92 Å². The number of fused-ring (bicyclic) bond motifs is 2. The third kappa shape index (κ3) is 5.99. The van der Waals surface area contributed by atoms with Crippen LogP contribution in [0, 0.1) is 5.92 Å². The minimum absolute atomic E-state index is 0.205. The lowest BCUT2D eigenvalue weighted by atomic mass is 9.95. The number of carbonyl (C=O) groups is 3. The number of aliphatic carboxylic acids is 3. The van der Waals surface area contributed by atoms with Gasteiger partial charge < -0.3 is 20.2 Å². The molecule has 4 rings (SSSR count). The first-order valence-corrected chi connectivity index (χ1v) is 11.2. The summed E-state index contributed by atoms with van der Waals surface area (Å²) in [5.74, 6) is -4.51. The molecule has 2 aliphatic rings. The fourth-order valence-electron chi connectivity index (χ4n) is 3.89. The van der Waals surface area contributed by atoms with Crippen molar-refractivity contribution in [2.45, 2.75) is 29.1 Å². The number of hydrogen-bond donors (Lipinski definition) is 3. The van der Waals surface area contributed by atoms with Gasteiger partial charge in [-0.05, 0) is 54.6 Å². The average Bonchev–Trinajstić information content (AvgIpc) is 2.79. The van der Waals surface area contributed by atoms with E-state index < -0.39 is 17.9 Å². The monoisotopic (exact) mass is 455 g/mol. The molecule has 2 aromatic rings. The van der Waals surface area contributed by atoms with Gasteiger partial charge in [0.25, 0.3) is 0 Å². The van der Waals surface area contributed by atoms with Gasteiger partial charge in [-0.25, -0.2) is 9.59 Å². The van der Waals surface area contributed by atoms with Crippen LogP contribution in [0.25, 0.3) is 5.57 Å². The molecule has 3 N–H and O–H groups in total. The van der Waals surface area contributed by atoms with Gasteiger partial charge in [0, 0.05) is 22.9 Å². The first kappa shape index (κ1) is 23.6. The van der Waals surface area contributed by atoms with Gasteiger partial charge in [-0.2, -0.15) is 0 Å². The SMILES string of the molecule is O=C(O)C(=O)O.O=C(O)C1CCCN(CCC=C2c3ccccc3Sc3ccccc32)C1. The molecule has 1 fully saturated rings. The van der Waals surface area contributed by atoms with Gasteiger partial charge in [0.1, 0.15) is 0 Å². The van der Waals surface area contributed by atoms with Crippen LogP contribution >= 0.6 is 11.8 Å². The van der Waals surface area contributed by atoms with Crippen LogP contribution in [0.2, 0.25) is 0 Å². The first-order chi connectivity index (χ1) is 15.4. The van der Waals surface area contributed by atoms with Crippen molar-refractivity contribution in [1.82, 2.24) is 4.90 Å². The van der Waals surface area contributed by atoms with E-state index in [1.165, 1.54) is 26.5 Å². The Labute approximate surface area is 190 Å². The highest BCUT2D eigenvalue weighted by molar-refractivity contribution is 7.99. The summed E-state index contributed by atoms with van der Waals surface area (Å²) < 4.78 is 0. The van der Waals surface area contributed by atoms with E-state index in [2.05, 4.69) is 59.5 Å². The average molecular weight is 456 g/mol. The number of piperidine rings is 1. The fourth-order valence-corrected chi connectivity index (χ4v) is 5.00. The summed E-state index contributed by atoms with van der Waals surface area (Å²) in [7, 11) is 0. The van der Waals surface area contributed by atoms with Crippen LogP contribution in [0.1, 0.15) is 30.4 Å². The van der Waals surface area contributed by atoms with Gasteiger partial charge in [-0.15, -0.1) is 0 Å². The number of nitrogens with zero attached hydrogens (tertiary/aromatic N) is 1. The molecule has 0 amide bonds. The van der Waals surface area contributed by atoms with Crippen molar-refractivity contribution in [2.24, 2.45) is 5.92 Å². The highest BCUT2D eigenvalue weighted by Crippen LogP contribution is 2.45. The zero-order valence-electron chi connectivity index (χ0n) is 17.4. The Kier molecular flexibility index (Phi) is 8.08. The Morgan fingerprint density at radius 3 is 2.03 bits per heavy atom. The van der Waals surface area contributed by atoms with Gasteiger partial charge >= 0.3 is 17.9 Å². The zero-order chi connectivity index (χ0) is 23.1. The molecule has 2 heterocycles. The van der Waals surface area contributed by atoms with Crippen LogP contribution in [0.4, 0.5) is 0 Å². The van der Waals surface area contributed by atoms with E-state index in [1.807, 2.05) is 11.8 Å². The van der Waals surface area contributed by atoms with Crippen LogP contribution in [0.3, 0.4) is 0 Å². The van der Waals surface area contributed by atoms with Crippen molar-refractivity contribution in [3.8, 4) is 0 Å². The summed E-state index contributed by atoms with van der Waals surface area (Å²) in [6.07, 6.45) is 5.07. The normalized spacial score (nSPS) is 17.2. The molecule has 1 saturated heterocycles. The predicted molar refractivity (Wildman–Crippen MR) is 121 cm³/mol. The lowest BCUT2D eigenvalue weighted by Gasteiger charge is -2.30. The zero-order valence-corrected chi connectivity index (χ0v) is 18.3. The molecule has 0 aromatic heterocycles. The van der Waals surface area contributed by atoms with Gasteiger partial charge in [-0.1, -0.05) is 54.2 Å². The van der Waals surface area contributed by atoms with Crippen molar-refractivity contribution in [3.63, 3.8) is 0 Å². The lowest BCUT2D eigenvalue weighted by Crippen LogP contribution is -2.39. The second-order valence-electron chi connectivity index (χ2n) is 7.59. The molecular weight excluding hydrogens is 430 g/mol. The molecular formula is C24H25NO6S. The number of hydrogen-bond acceptors (Lipinski definition) is 5. The Bertz CT molecular complexity index is 975. The Balaban J connectivity index is 0.000000427. The maximum Gasteiger partial charge on any atom is 0.414 e. The molecule has 32 heavy (non-hydrogen) atoms. The molecule has 168 valence electrons. The van der Waals surface area contributed by atoms with E-state index >= 15 is 0 Å². The van der Waals surface area contributed by atoms with Gasteiger partial charge in [-0.3, -0.25) is 4.79 Å². The maximum atomic E-state index is 11.3. The highest BCUT2D eigenvalue weighted by Gasteiger charge is 2.25. The molecule has 2 aromatic carbocycles. The number of carboxylic acids is 3. The summed E-state index contributed by atoms with van der Waals surface area (Å²) >= 11 is 1.83. The van der Waals surface area contributed by atoms with E-state index in [9.17, 15) is 9.90 Å². The molecule has 0 saturated carbocycles. The van der Waals surface area contributed by atoms with Gasteiger partial charge in [0.15, 0.2) is 0 Å². The Morgan fingerprint density at radius 1 is 0.938 bits per heavy atom. The number of likely N-dealkylation sites (tertiary alicyclic amines) is 1. The lowest BCUT2D eigenvalue weighted by molar-refractivity contribution is -0.159. The van der Waals surface area contributed by atoms with Crippen LogP contribution in [-0.4, -0.2) is 57.8 Å². The summed E-state index contributed by atoms with van der Waals surface area (Å²) in [5.41, 5.74) is 3.92. The Morgan fingerprint density at radius 2 is 1.50 bits per heavy atom. The summed E-state index contributed by atoms with van der Waals surface area (Å²) in [6, 6.07) is 17.2. The van der Waals surface area contributed by atoms with Crippen LogP contribution < -0.4 is 0 Å². The van der Waals surface area contributed by atoms with E-state index in [4.69, 9.17) is 19.8 Å². The van der Waals surface area contributed by atoms with E-state index in [-0.39, 0.29) is 5.92 Å². The maximum absolute atomic E-state index is 11.3. The van der Waals surface area contributed by atoms with Crippen LogP contribution in [-0.2, 0) is 14.4 Å². The molecule has 1 unspecified atom stereocenters. The number of benzene rings is 2. The Hall–Kier alpha value is -3.10. The molecule has 0 spiro atoms. The quantitative estimate of drug-likeness (QED) is 0.507. The van der Waals surface area contributed by atoms with E-state index in [0.29, 0.717) is 6.54 Å². The topological polar surface area (TPSA) is 115 Å². The van der Waals surface area contributed by atoms with E-state index in [0.717, 1.165) is 32.4 Å². The summed E-state index contributed by atoms with van der Waals surface area (Å²) in [4.78, 5) is 34.4. The van der Waals surface area contributed by atoms with Crippen molar-refractivity contribution >= 4 is 35.2 Å². The molecule has 7 nitrogen and oxygen atoms in total. The van der Waals surface area contributed by atoms with Crippen molar-refractivity contribution in [1.29, 1.82) is 0 Å². The molecule has 8 heteroatoms. The molecule has 0 bridgehead atoms. The predicted octanol–water partition coefficient (Wildman–Crippen LogP) is 3.93. The third-order valence-corrected chi connectivity index (χ3v) is 6.56. The highest BCUT2D eigenvalue weighted by atomic mass is 32.2. The summed E-state index contributed by atoms with van der Waals surface area (Å²) in [5, 5.41) is 24.0. The van der Waals surface area contributed by atoms with Crippen LogP contribution in [0.15, 0.2) is 64.4 Å². The van der Waals surface area contributed by atoms with Crippen LogP contribution in [0.5, 0.6) is 0 Å². The summed E-state index contributed by atoms with van der Waals surface area (Å²) in [6.45, 7) is 2.61. The van der Waals surface area contributed by atoms with Gasteiger partial charge in [0.2, 0.25) is 0 Å². The first-order valence-electron chi connectivity index (χ1n) is 10.3. The molecule has 2 aliphatic heterocycles. The third-order valence-electron chi connectivity index (χ3n) is 5.41. The second-order valence-corrected chi connectivity index (χ2v) is 8.67. The number of carboxylic acid groups (broad SMARTS) is 3. The smallest absolute Gasteiger partial charge is 0.414 e. The molecule has 0 radical (unpaired) electrons. The standard InChI is InChI=1S/C22H23NO2S.C2H2O4/c24-22(25)16-7-5-13-23(15-16)14-6-10-17-18-8-1-3-11-20(18)26-21-12-4-2-9-19(17)21;3-1(4)2(5)6/h1-4,8-12,16H,5-7,13-15H2,(H,24,25);(H,3,4)(H,5,6). The molecule has 0 aliphatic carbocycles. The minimum atomic E-state index is -1.82. The van der Waals surface area contributed by atoms with Crippen molar-refractivity contribution in [2.75, 3.05) is 19.6 Å². The molecule has 1 atom stereocenters. The second kappa shape index (κ2) is 11.0. The van der Waals surface area contributed by atoms with Crippen molar-refractivity contribution in [3.05, 3.63) is 65.7 Å². The largest absolute Gasteiger partial charge is 0.481 e. The van der Waals surface area contributed by atoms with E-state index in [1.54, 1.807) is 0 Å². The minimum Gasteiger partial charge on any atom is -0.481 e.